The molecule has 0 fully saturated rings. The number of anilines is 1. The van der Waals surface area contributed by atoms with E-state index in [0.717, 1.165) is 35.5 Å². The Morgan fingerprint density at radius 3 is 3.10 bits per heavy atom. The number of nitrogens with zero attached hydrogens (tertiary/aromatic N) is 2. The quantitative estimate of drug-likeness (QED) is 0.699. The molecule has 0 amide bonds. The van der Waals surface area contributed by atoms with E-state index in [4.69, 9.17) is 0 Å². The Kier molecular flexibility index (Phi) is 2.83. The van der Waals surface area contributed by atoms with Crippen LogP contribution in [-0.2, 0) is 6.42 Å². The van der Waals surface area contributed by atoms with Crippen LogP contribution < -0.4 is 5.32 Å². The van der Waals surface area contributed by atoms with Crippen molar-refractivity contribution in [3.05, 3.63) is 53.3 Å². The second-order valence-electron chi connectivity index (χ2n) is 5.02. The van der Waals surface area contributed by atoms with Gasteiger partial charge in [-0.05, 0) is 0 Å². The number of rotatable bonds is 2. The molecule has 20 heavy (non-hydrogen) atoms. The van der Waals surface area contributed by atoms with Gasteiger partial charge in [-0.2, -0.15) is 0 Å². The van der Waals surface area contributed by atoms with E-state index in [1.165, 1.54) is 11.6 Å². The van der Waals surface area contributed by atoms with Crippen LogP contribution in [0.3, 0.4) is 0 Å². The van der Waals surface area contributed by atoms with Crippen molar-refractivity contribution in [3.8, 4) is 0 Å². The molecule has 0 spiro atoms. The van der Waals surface area contributed by atoms with Gasteiger partial charge in [0.05, 0.1) is 0 Å². The van der Waals surface area contributed by atoms with Crippen molar-refractivity contribution in [1.82, 2.24) is 0 Å². The van der Waals surface area contributed by atoms with Crippen LogP contribution in [0.2, 0.25) is 0 Å². The van der Waals surface area contributed by atoms with Gasteiger partial charge in [-0.3, -0.25) is 0 Å². The fourth-order valence-electron chi connectivity index (χ4n) is 2.85. The summed E-state index contributed by atoms with van der Waals surface area (Å²) in [5.41, 5.74) is 5.30. The summed E-state index contributed by atoms with van der Waals surface area (Å²) in [5.74, 6) is -0.151. The Hall–Kier alpha value is -1.71. The number of aryl methyl sites for hydroxylation is 1. The van der Waals surface area contributed by atoms with Gasteiger partial charge in [-0.15, -0.1) is 0 Å². The summed E-state index contributed by atoms with van der Waals surface area (Å²) in [5, 5.41) is 3.55. The standard InChI is InChI=1S/C15H12FN3Se/c16-10-5-6-11-9(8-10)4-7-12(11)17-13-2-1-3-14-15(13)19-20-18-14/h1-3,5-6,8,12,17H,4,7H2. The summed E-state index contributed by atoms with van der Waals surface area (Å²) >= 11 is -0.0170. The zero-order chi connectivity index (χ0) is 13.5. The molecule has 2 aromatic rings. The van der Waals surface area contributed by atoms with Crippen molar-refractivity contribution in [3.63, 3.8) is 0 Å². The summed E-state index contributed by atoms with van der Waals surface area (Å²) in [6.45, 7) is 0. The van der Waals surface area contributed by atoms with E-state index < -0.39 is 0 Å². The number of nitrogens with one attached hydrogen (secondary N) is 1. The monoisotopic (exact) mass is 333 g/mol. The number of benzene rings is 2. The molecule has 3 nitrogen and oxygen atoms in total. The molecule has 2 aliphatic rings. The van der Waals surface area contributed by atoms with Gasteiger partial charge in [0.2, 0.25) is 0 Å². The Balaban J connectivity index is 1.67. The van der Waals surface area contributed by atoms with Crippen LogP contribution in [0.1, 0.15) is 23.6 Å². The van der Waals surface area contributed by atoms with Crippen LogP contribution in [-0.4, -0.2) is 14.6 Å². The van der Waals surface area contributed by atoms with Gasteiger partial charge >= 0.3 is 121 Å². The molecule has 0 saturated carbocycles. The predicted molar refractivity (Wildman–Crippen MR) is 77.5 cm³/mol. The zero-order valence-electron chi connectivity index (χ0n) is 10.6. The summed E-state index contributed by atoms with van der Waals surface area (Å²) < 4.78 is 22.1. The molecule has 4 rings (SSSR count). The molecule has 1 heterocycles. The van der Waals surface area contributed by atoms with E-state index in [9.17, 15) is 4.39 Å². The van der Waals surface area contributed by atoms with Crippen LogP contribution in [0.15, 0.2) is 44.3 Å². The third kappa shape index (κ3) is 1.94. The molecule has 100 valence electrons. The maximum atomic E-state index is 13.3. The van der Waals surface area contributed by atoms with E-state index in [0.29, 0.717) is 0 Å². The minimum atomic E-state index is -0.151. The molecule has 1 atom stereocenters. The van der Waals surface area contributed by atoms with E-state index in [2.05, 4.69) is 13.2 Å². The van der Waals surface area contributed by atoms with Crippen LogP contribution in [0.4, 0.5) is 21.5 Å². The topological polar surface area (TPSA) is 36.8 Å². The average molecular weight is 332 g/mol. The molecule has 0 bridgehead atoms. The Bertz CT molecular complexity index is 766. The number of halogens is 1. The van der Waals surface area contributed by atoms with Gasteiger partial charge in [0.15, 0.2) is 0 Å². The molecular formula is C15H12FN3Se. The Morgan fingerprint density at radius 2 is 2.15 bits per heavy atom. The number of hydrogen-bond donors (Lipinski definition) is 1. The molecule has 0 radical (unpaired) electrons. The molecule has 1 N–H and O–H groups in total. The van der Waals surface area contributed by atoms with Crippen molar-refractivity contribution in [2.45, 2.75) is 18.9 Å². The summed E-state index contributed by atoms with van der Waals surface area (Å²) in [6.07, 6.45) is 1.91. The van der Waals surface area contributed by atoms with Crippen molar-refractivity contribution in [2.75, 3.05) is 5.32 Å². The fourth-order valence-corrected chi connectivity index (χ4v) is 4.00. The number of hydrogen-bond acceptors (Lipinski definition) is 3. The molecule has 1 unspecified atom stereocenters. The van der Waals surface area contributed by atoms with E-state index in [1.54, 1.807) is 6.07 Å². The van der Waals surface area contributed by atoms with Gasteiger partial charge < -0.3 is 0 Å². The van der Waals surface area contributed by atoms with Gasteiger partial charge in [-0.1, -0.05) is 0 Å². The zero-order valence-corrected chi connectivity index (χ0v) is 12.3. The molecule has 1 aliphatic heterocycles. The predicted octanol–water partition coefficient (Wildman–Crippen LogP) is 4.27. The first-order valence-corrected chi connectivity index (χ1v) is 8.10. The van der Waals surface area contributed by atoms with Crippen molar-refractivity contribution >= 4 is 31.6 Å². The first-order chi connectivity index (χ1) is 9.81. The van der Waals surface area contributed by atoms with Gasteiger partial charge in [0.1, 0.15) is 0 Å². The summed E-state index contributed by atoms with van der Waals surface area (Å²) in [4.78, 5) is 0. The van der Waals surface area contributed by atoms with Gasteiger partial charge in [0, 0.05) is 0 Å². The van der Waals surface area contributed by atoms with Crippen LogP contribution in [0.5, 0.6) is 0 Å². The summed E-state index contributed by atoms with van der Waals surface area (Å²) in [7, 11) is 0. The third-order valence-electron chi connectivity index (χ3n) is 3.80. The number of fused-ring (bicyclic) bond motifs is 2. The van der Waals surface area contributed by atoms with Crippen LogP contribution in [0, 0.1) is 5.82 Å². The second-order valence-corrected chi connectivity index (χ2v) is 6.12. The second kappa shape index (κ2) is 4.69. The molecular weight excluding hydrogens is 320 g/mol. The molecule has 2 aromatic carbocycles. The fraction of sp³-hybridized carbons (Fsp3) is 0.200. The molecule has 0 saturated heterocycles. The molecule has 5 heteroatoms. The van der Waals surface area contributed by atoms with Crippen molar-refractivity contribution in [1.29, 1.82) is 0 Å². The van der Waals surface area contributed by atoms with E-state index in [-0.39, 0.29) is 26.4 Å². The van der Waals surface area contributed by atoms with E-state index >= 15 is 0 Å². The molecule has 1 aliphatic carbocycles. The summed E-state index contributed by atoms with van der Waals surface area (Å²) in [6, 6.07) is 11.4. The minimum absolute atomic E-state index is 0.0170. The SMILES string of the molecule is Fc1ccc2c(c1)CCC2Nc1cccc2c1N=[Se]=N2. The normalized spacial score (nSPS) is 18.6. The van der Waals surface area contributed by atoms with Crippen molar-refractivity contribution < 1.29 is 4.39 Å². The maximum absolute atomic E-state index is 13.3. The van der Waals surface area contributed by atoms with Crippen LogP contribution >= 0.6 is 0 Å². The first kappa shape index (κ1) is 12.1. The Labute approximate surface area is 122 Å². The first-order valence-electron chi connectivity index (χ1n) is 6.57. The van der Waals surface area contributed by atoms with Crippen LogP contribution in [0.25, 0.3) is 0 Å². The van der Waals surface area contributed by atoms with Gasteiger partial charge in [0.25, 0.3) is 0 Å². The van der Waals surface area contributed by atoms with Gasteiger partial charge in [-0.25, -0.2) is 0 Å². The molecule has 0 aromatic heterocycles. The average Bonchev–Trinajstić information content (AvgIpc) is 3.06. The Morgan fingerprint density at radius 1 is 1.20 bits per heavy atom. The van der Waals surface area contributed by atoms with E-state index in [1.807, 2.05) is 24.3 Å². The van der Waals surface area contributed by atoms with Crippen molar-refractivity contribution in [2.24, 2.45) is 7.92 Å². The third-order valence-corrected chi connectivity index (χ3v) is 4.94.